The van der Waals surface area contributed by atoms with Crippen LogP contribution in [0.2, 0.25) is 0 Å². The number of cyclic esters (lactones) is 1. The molecule has 3 amide bonds. The Bertz CT molecular complexity index is 936. The summed E-state index contributed by atoms with van der Waals surface area (Å²) in [7, 11) is 0. The first kappa shape index (κ1) is 22.8. The van der Waals surface area contributed by atoms with Crippen molar-refractivity contribution in [3.63, 3.8) is 0 Å². The maximum atomic E-state index is 13.1. The summed E-state index contributed by atoms with van der Waals surface area (Å²) in [6, 6.07) is 17.2. The number of halogens is 1. The van der Waals surface area contributed by atoms with Crippen LogP contribution in [0.3, 0.4) is 0 Å². The SMILES string of the molecule is CC(=O)NNC(=O)CC[C@@]1(c2ccccc2)CCN([C@@H](C)c2ccc(Br)cc2)C(=O)O1. The molecule has 0 saturated carbocycles. The zero-order chi connectivity index (χ0) is 22.4. The smallest absolute Gasteiger partial charge is 0.411 e. The zero-order valence-electron chi connectivity index (χ0n) is 17.6. The zero-order valence-corrected chi connectivity index (χ0v) is 19.1. The Kier molecular flexibility index (Phi) is 7.33. The highest BCUT2D eigenvalue weighted by atomic mass is 79.9. The van der Waals surface area contributed by atoms with E-state index in [0.717, 1.165) is 15.6 Å². The maximum absolute atomic E-state index is 13.1. The van der Waals surface area contributed by atoms with Crippen molar-refractivity contribution >= 4 is 33.8 Å². The number of carbonyl (C=O) groups excluding carboxylic acids is 3. The first-order valence-electron chi connectivity index (χ1n) is 10.2. The summed E-state index contributed by atoms with van der Waals surface area (Å²) in [5.74, 6) is -0.694. The number of hydrogen-bond donors (Lipinski definition) is 2. The summed E-state index contributed by atoms with van der Waals surface area (Å²) in [6.45, 7) is 3.79. The van der Waals surface area contributed by atoms with Crippen LogP contribution in [0.4, 0.5) is 4.79 Å². The lowest BCUT2D eigenvalue weighted by Gasteiger charge is -2.43. The summed E-state index contributed by atoms with van der Waals surface area (Å²) in [4.78, 5) is 37.9. The number of hydrogen-bond acceptors (Lipinski definition) is 4. The van der Waals surface area contributed by atoms with E-state index in [4.69, 9.17) is 4.74 Å². The first-order chi connectivity index (χ1) is 14.8. The Morgan fingerprint density at radius 2 is 1.81 bits per heavy atom. The van der Waals surface area contributed by atoms with E-state index in [1.54, 1.807) is 4.90 Å². The van der Waals surface area contributed by atoms with Crippen molar-refractivity contribution in [1.29, 1.82) is 0 Å². The predicted molar refractivity (Wildman–Crippen MR) is 120 cm³/mol. The van der Waals surface area contributed by atoms with Gasteiger partial charge >= 0.3 is 6.09 Å². The first-order valence-corrected chi connectivity index (χ1v) is 11.0. The molecule has 0 aliphatic carbocycles. The number of benzene rings is 2. The Morgan fingerprint density at radius 1 is 1.13 bits per heavy atom. The molecule has 0 bridgehead atoms. The van der Waals surface area contributed by atoms with E-state index in [1.165, 1.54) is 6.92 Å². The molecule has 0 spiro atoms. The lowest BCUT2D eigenvalue weighted by Crippen LogP contribution is -2.49. The molecule has 2 atom stereocenters. The van der Waals surface area contributed by atoms with Crippen LogP contribution in [0.5, 0.6) is 0 Å². The molecule has 1 aliphatic heterocycles. The second-order valence-electron chi connectivity index (χ2n) is 7.63. The van der Waals surface area contributed by atoms with Crippen LogP contribution in [-0.2, 0) is 19.9 Å². The normalized spacial score (nSPS) is 19.3. The van der Waals surface area contributed by atoms with Gasteiger partial charge in [0, 0.05) is 37.2 Å². The van der Waals surface area contributed by atoms with Gasteiger partial charge in [-0.3, -0.25) is 20.4 Å². The molecule has 8 heteroatoms. The number of rotatable bonds is 6. The molecular weight excluding hydrogens is 462 g/mol. The van der Waals surface area contributed by atoms with Crippen molar-refractivity contribution in [3.05, 3.63) is 70.2 Å². The summed E-state index contributed by atoms with van der Waals surface area (Å²) in [5, 5.41) is 0. The minimum absolute atomic E-state index is 0.102. The van der Waals surface area contributed by atoms with E-state index in [1.807, 2.05) is 61.5 Å². The summed E-state index contributed by atoms with van der Waals surface area (Å²) < 4.78 is 7.00. The fourth-order valence-corrected chi connectivity index (χ4v) is 4.01. The summed E-state index contributed by atoms with van der Waals surface area (Å²) >= 11 is 3.43. The van der Waals surface area contributed by atoms with Crippen molar-refractivity contribution in [1.82, 2.24) is 15.8 Å². The van der Waals surface area contributed by atoms with Crippen LogP contribution in [0.25, 0.3) is 0 Å². The second kappa shape index (κ2) is 9.96. The predicted octanol–water partition coefficient (Wildman–Crippen LogP) is 4.20. The van der Waals surface area contributed by atoms with Crippen LogP contribution >= 0.6 is 15.9 Å². The molecule has 2 aromatic rings. The van der Waals surface area contributed by atoms with E-state index in [2.05, 4.69) is 26.8 Å². The van der Waals surface area contributed by atoms with Crippen molar-refractivity contribution in [3.8, 4) is 0 Å². The minimum atomic E-state index is -0.901. The van der Waals surface area contributed by atoms with E-state index in [0.29, 0.717) is 19.4 Å². The van der Waals surface area contributed by atoms with Gasteiger partial charge in [0.15, 0.2) is 0 Å². The monoisotopic (exact) mass is 487 g/mol. The largest absolute Gasteiger partial charge is 0.438 e. The second-order valence-corrected chi connectivity index (χ2v) is 8.54. The van der Waals surface area contributed by atoms with Gasteiger partial charge < -0.3 is 9.64 Å². The Hall–Kier alpha value is -2.87. The van der Waals surface area contributed by atoms with Gasteiger partial charge in [-0.05, 0) is 30.2 Å². The number of hydrazine groups is 1. The Balaban J connectivity index is 1.75. The molecule has 164 valence electrons. The quantitative estimate of drug-likeness (QED) is 0.597. The van der Waals surface area contributed by atoms with E-state index < -0.39 is 11.7 Å². The molecule has 0 aromatic heterocycles. The van der Waals surface area contributed by atoms with Gasteiger partial charge in [0.1, 0.15) is 5.60 Å². The third kappa shape index (κ3) is 5.64. The number of ether oxygens (including phenoxy) is 1. The van der Waals surface area contributed by atoms with Crippen molar-refractivity contribution in [2.24, 2.45) is 0 Å². The molecule has 7 nitrogen and oxygen atoms in total. The third-order valence-corrected chi connectivity index (χ3v) is 6.06. The van der Waals surface area contributed by atoms with Gasteiger partial charge in [-0.2, -0.15) is 0 Å². The number of nitrogens with zero attached hydrogens (tertiary/aromatic N) is 1. The van der Waals surface area contributed by atoms with E-state index in [9.17, 15) is 14.4 Å². The van der Waals surface area contributed by atoms with Crippen LogP contribution < -0.4 is 10.9 Å². The van der Waals surface area contributed by atoms with Crippen LogP contribution in [0.15, 0.2) is 59.1 Å². The lowest BCUT2D eigenvalue weighted by molar-refractivity contribution is -0.129. The molecule has 1 heterocycles. The molecule has 2 aromatic carbocycles. The average molecular weight is 488 g/mol. The highest BCUT2D eigenvalue weighted by molar-refractivity contribution is 9.10. The lowest BCUT2D eigenvalue weighted by atomic mass is 9.84. The van der Waals surface area contributed by atoms with Gasteiger partial charge in [-0.1, -0.05) is 58.4 Å². The minimum Gasteiger partial charge on any atom is -0.438 e. The molecule has 0 unspecified atom stereocenters. The molecule has 1 aliphatic rings. The van der Waals surface area contributed by atoms with Crippen molar-refractivity contribution < 1.29 is 19.1 Å². The average Bonchev–Trinajstić information content (AvgIpc) is 2.77. The summed E-state index contributed by atoms with van der Waals surface area (Å²) in [5.41, 5.74) is 5.61. The molecular formula is C23H26BrN3O4. The highest BCUT2D eigenvalue weighted by Crippen LogP contribution is 2.40. The van der Waals surface area contributed by atoms with Gasteiger partial charge in [-0.25, -0.2) is 4.79 Å². The number of carbonyl (C=O) groups is 3. The molecule has 1 saturated heterocycles. The van der Waals surface area contributed by atoms with E-state index in [-0.39, 0.29) is 24.3 Å². The summed E-state index contributed by atoms with van der Waals surface area (Å²) in [6.07, 6.45) is 0.559. The Labute approximate surface area is 190 Å². The van der Waals surface area contributed by atoms with Gasteiger partial charge in [0.2, 0.25) is 11.8 Å². The maximum Gasteiger partial charge on any atom is 0.411 e. The van der Waals surface area contributed by atoms with Crippen molar-refractivity contribution in [2.75, 3.05) is 6.54 Å². The molecule has 3 rings (SSSR count). The molecule has 31 heavy (non-hydrogen) atoms. The number of nitrogens with one attached hydrogen (secondary N) is 2. The standard InChI is InChI=1S/C23H26BrN3O4/c1-16(18-8-10-20(24)11-9-18)27-15-14-23(31-22(27)30,19-6-4-3-5-7-19)13-12-21(29)26-25-17(2)28/h3-11,16H,12-15H2,1-2H3,(H,25,28)(H,26,29)/t16-,23-/m0/s1. The fourth-order valence-electron chi connectivity index (χ4n) is 3.74. The van der Waals surface area contributed by atoms with Crippen molar-refractivity contribution in [2.45, 2.75) is 44.8 Å². The number of amides is 3. The molecule has 2 N–H and O–H groups in total. The van der Waals surface area contributed by atoms with Crippen LogP contribution in [-0.4, -0.2) is 29.4 Å². The van der Waals surface area contributed by atoms with Crippen LogP contribution in [0.1, 0.15) is 50.3 Å². The van der Waals surface area contributed by atoms with Gasteiger partial charge in [0.25, 0.3) is 0 Å². The van der Waals surface area contributed by atoms with Gasteiger partial charge in [-0.15, -0.1) is 0 Å². The highest BCUT2D eigenvalue weighted by Gasteiger charge is 2.43. The third-order valence-electron chi connectivity index (χ3n) is 5.53. The Morgan fingerprint density at radius 3 is 2.42 bits per heavy atom. The molecule has 0 radical (unpaired) electrons. The topological polar surface area (TPSA) is 87.7 Å². The van der Waals surface area contributed by atoms with E-state index >= 15 is 0 Å². The fraction of sp³-hybridized carbons (Fsp3) is 0.348. The van der Waals surface area contributed by atoms with Gasteiger partial charge in [0.05, 0.1) is 6.04 Å². The molecule has 1 fully saturated rings. The van der Waals surface area contributed by atoms with Crippen LogP contribution in [0, 0.1) is 0 Å².